The molecule has 148 valence electrons. The van der Waals surface area contributed by atoms with Gasteiger partial charge in [0.1, 0.15) is 5.60 Å². The zero-order chi connectivity index (χ0) is 20.6. The molecule has 0 fully saturated rings. The summed E-state index contributed by atoms with van der Waals surface area (Å²) in [5, 5.41) is 5.13. The Labute approximate surface area is 164 Å². The second-order valence-corrected chi connectivity index (χ2v) is 6.12. The number of esters is 1. The van der Waals surface area contributed by atoms with Gasteiger partial charge in [-0.3, -0.25) is 9.59 Å². The van der Waals surface area contributed by atoms with Crippen LogP contribution in [0.4, 0.5) is 5.69 Å². The molecule has 7 nitrogen and oxygen atoms in total. The molecule has 0 spiro atoms. The number of rotatable bonds is 7. The Morgan fingerprint density at radius 3 is 2.11 bits per heavy atom. The van der Waals surface area contributed by atoms with Crippen LogP contribution < -0.4 is 10.6 Å². The van der Waals surface area contributed by atoms with Crippen molar-refractivity contribution in [3.63, 3.8) is 0 Å². The first-order valence-electron chi connectivity index (χ1n) is 8.84. The zero-order valence-corrected chi connectivity index (χ0v) is 16.2. The minimum absolute atomic E-state index is 0.150. The van der Waals surface area contributed by atoms with Crippen LogP contribution in [-0.4, -0.2) is 38.5 Å². The summed E-state index contributed by atoms with van der Waals surface area (Å²) in [5.41, 5.74) is 0.934. The molecule has 1 atom stereocenters. The molecule has 0 saturated carbocycles. The molecule has 7 heteroatoms. The minimum atomic E-state index is -0.806. The molecule has 2 amide bonds. The number of amides is 2. The first-order chi connectivity index (χ1) is 13.5. The number of benzene rings is 2. The lowest BCUT2D eigenvalue weighted by Crippen LogP contribution is -2.45. The Morgan fingerprint density at radius 1 is 0.929 bits per heavy atom. The quantitative estimate of drug-likeness (QED) is 0.565. The molecule has 0 aliphatic rings. The van der Waals surface area contributed by atoms with Gasteiger partial charge < -0.3 is 20.1 Å². The molecular weight excluding hydrogens is 360 g/mol. The lowest BCUT2D eigenvalue weighted by molar-refractivity contribution is -0.137. The van der Waals surface area contributed by atoms with Crippen molar-refractivity contribution in [2.24, 2.45) is 0 Å². The fourth-order valence-corrected chi connectivity index (χ4v) is 2.81. The maximum Gasteiger partial charge on any atom is 0.337 e. The second-order valence-electron chi connectivity index (χ2n) is 6.12. The number of carbonyl (C=O) groups is 3. The third-order valence-corrected chi connectivity index (χ3v) is 4.57. The summed E-state index contributed by atoms with van der Waals surface area (Å²) in [6.07, 6.45) is 0.615. The van der Waals surface area contributed by atoms with E-state index < -0.39 is 23.4 Å². The van der Waals surface area contributed by atoms with Crippen LogP contribution in [0.2, 0.25) is 0 Å². The Bertz CT molecular complexity index is 814. The van der Waals surface area contributed by atoms with Crippen molar-refractivity contribution in [3.05, 3.63) is 65.7 Å². The van der Waals surface area contributed by atoms with Gasteiger partial charge in [-0.05, 0) is 36.2 Å². The van der Waals surface area contributed by atoms with Crippen molar-refractivity contribution in [2.75, 3.05) is 26.1 Å². The van der Waals surface area contributed by atoms with Gasteiger partial charge in [0.05, 0.1) is 19.2 Å². The molecule has 0 saturated heterocycles. The molecule has 2 N–H and O–H groups in total. The third-order valence-electron chi connectivity index (χ3n) is 4.57. The van der Waals surface area contributed by atoms with Crippen molar-refractivity contribution in [1.82, 2.24) is 5.32 Å². The fraction of sp³-hybridized carbons (Fsp3) is 0.286. The highest BCUT2D eigenvalue weighted by atomic mass is 16.5. The van der Waals surface area contributed by atoms with Crippen LogP contribution in [0.25, 0.3) is 0 Å². The largest absolute Gasteiger partial charge is 0.465 e. The molecule has 0 bridgehead atoms. The molecule has 0 aliphatic heterocycles. The Kier molecular flexibility index (Phi) is 7.28. The number of hydrogen-bond acceptors (Lipinski definition) is 5. The standard InChI is InChI=1S/C21H24N2O5/c1-4-21(28-3,16-8-6-5-7-9-16)14-22-18(24)19(25)23-17-12-10-15(11-13-17)20(26)27-2/h5-13H,4,14H2,1-3H3,(H,22,24)(H,23,25)/t21-/m0/s1. The number of carbonyl (C=O) groups excluding carboxylic acids is 3. The van der Waals surface area contributed by atoms with E-state index in [0.717, 1.165) is 5.56 Å². The average molecular weight is 384 g/mol. The molecule has 0 aromatic heterocycles. The lowest BCUT2D eigenvalue weighted by Gasteiger charge is -2.32. The summed E-state index contributed by atoms with van der Waals surface area (Å²) in [7, 11) is 2.86. The van der Waals surface area contributed by atoms with E-state index in [1.54, 1.807) is 7.11 Å². The van der Waals surface area contributed by atoms with Crippen LogP contribution in [0.1, 0.15) is 29.3 Å². The minimum Gasteiger partial charge on any atom is -0.465 e. The summed E-state index contributed by atoms with van der Waals surface area (Å²) in [4.78, 5) is 35.8. The van der Waals surface area contributed by atoms with Crippen LogP contribution in [0.15, 0.2) is 54.6 Å². The molecule has 0 aliphatic carbocycles. The predicted octanol–water partition coefficient (Wildman–Crippen LogP) is 2.48. The van der Waals surface area contributed by atoms with Crippen molar-refractivity contribution in [2.45, 2.75) is 18.9 Å². The Balaban J connectivity index is 1.99. The molecule has 28 heavy (non-hydrogen) atoms. The van der Waals surface area contributed by atoms with E-state index in [0.29, 0.717) is 17.7 Å². The van der Waals surface area contributed by atoms with Gasteiger partial charge in [0.15, 0.2) is 0 Å². The van der Waals surface area contributed by atoms with E-state index in [1.807, 2.05) is 37.3 Å². The van der Waals surface area contributed by atoms with Gasteiger partial charge in [-0.2, -0.15) is 0 Å². The van der Waals surface area contributed by atoms with E-state index in [-0.39, 0.29) is 6.54 Å². The van der Waals surface area contributed by atoms with E-state index in [2.05, 4.69) is 15.4 Å². The normalized spacial score (nSPS) is 12.5. The van der Waals surface area contributed by atoms with Crippen LogP contribution in [-0.2, 0) is 24.7 Å². The fourth-order valence-electron chi connectivity index (χ4n) is 2.81. The van der Waals surface area contributed by atoms with Crippen molar-refractivity contribution < 1.29 is 23.9 Å². The summed E-state index contributed by atoms with van der Waals surface area (Å²) in [6, 6.07) is 15.6. The van der Waals surface area contributed by atoms with E-state index >= 15 is 0 Å². The van der Waals surface area contributed by atoms with E-state index in [4.69, 9.17) is 4.74 Å². The average Bonchev–Trinajstić information content (AvgIpc) is 2.75. The van der Waals surface area contributed by atoms with Gasteiger partial charge in [-0.25, -0.2) is 4.79 Å². The Hall–Kier alpha value is -3.19. The van der Waals surface area contributed by atoms with E-state index in [1.165, 1.54) is 31.4 Å². The summed E-state index contributed by atoms with van der Waals surface area (Å²) < 4.78 is 10.3. The SMILES string of the molecule is CC[C@@](CNC(=O)C(=O)Nc1ccc(C(=O)OC)cc1)(OC)c1ccccc1. The van der Waals surface area contributed by atoms with Gasteiger partial charge in [0.25, 0.3) is 0 Å². The van der Waals surface area contributed by atoms with Gasteiger partial charge in [-0.15, -0.1) is 0 Å². The number of methoxy groups -OCH3 is 2. The smallest absolute Gasteiger partial charge is 0.337 e. The number of nitrogens with one attached hydrogen (secondary N) is 2. The van der Waals surface area contributed by atoms with Crippen LogP contribution >= 0.6 is 0 Å². The third kappa shape index (κ3) is 4.95. The molecule has 2 aromatic carbocycles. The molecule has 2 rings (SSSR count). The zero-order valence-electron chi connectivity index (χ0n) is 16.2. The maximum absolute atomic E-state index is 12.2. The predicted molar refractivity (Wildman–Crippen MR) is 105 cm³/mol. The summed E-state index contributed by atoms with van der Waals surface area (Å²) >= 11 is 0. The van der Waals surface area contributed by atoms with Crippen LogP contribution in [0.3, 0.4) is 0 Å². The molecule has 0 unspecified atom stereocenters. The highest BCUT2D eigenvalue weighted by molar-refractivity contribution is 6.39. The van der Waals surface area contributed by atoms with Gasteiger partial charge in [-0.1, -0.05) is 37.3 Å². The summed E-state index contributed by atoms with van der Waals surface area (Å²) in [5.74, 6) is -2.06. The van der Waals surface area contributed by atoms with Gasteiger partial charge in [0, 0.05) is 12.8 Å². The molecule has 2 aromatic rings. The van der Waals surface area contributed by atoms with Crippen LogP contribution in [0, 0.1) is 0 Å². The second kappa shape index (κ2) is 9.66. The highest BCUT2D eigenvalue weighted by Crippen LogP contribution is 2.28. The monoisotopic (exact) mass is 384 g/mol. The van der Waals surface area contributed by atoms with Gasteiger partial charge in [0.2, 0.25) is 0 Å². The summed E-state index contributed by atoms with van der Waals surface area (Å²) in [6.45, 7) is 2.10. The first kappa shape index (κ1) is 21.1. The number of hydrogen-bond donors (Lipinski definition) is 2. The molecule has 0 radical (unpaired) electrons. The first-order valence-corrected chi connectivity index (χ1v) is 8.84. The van der Waals surface area contributed by atoms with Crippen molar-refractivity contribution >= 4 is 23.5 Å². The highest BCUT2D eigenvalue weighted by Gasteiger charge is 2.31. The van der Waals surface area contributed by atoms with Crippen molar-refractivity contribution in [1.29, 1.82) is 0 Å². The number of anilines is 1. The van der Waals surface area contributed by atoms with E-state index in [9.17, 15) is 14.4 Å². The lowest BCUT2D eigenvalue weighted by atomic mass is 9.90. The molecule has 0 heterocycles. The van der Waals surface area contributed by atoms with Crippen molar-refractivity contribution in [3.8, 4) is 0 Å². The topological polar surface area (TPSA) is 93.7 Å². The number of ether oxygens (including phenoxy) is 2. The molecular formula is C21H24N2O5. The Morgan fingerprint density at radius 2 is 1.57 bits per heavy atom. The van der Waals surface area contributed by atoms with Gasteiger partial charge >= 0.3 is 17.8 Å². The van der Waals surface area contributed by atoms with Crippen LogP contribution in [0.5, 0.6) is 0 Å². The maximum atomic E-state index is 12.2.